The number of anilines is 2. The Bertz CT molecular complexity index is 530. The number of amides is 1. The molecule has 2 aromatic rings. The Morgan fingerprint density at radius 1 is 1.28 bits per heavy atom. The Morgan fingerprint density at radius 2 is 2.06 bits per heavy atom. The van der Waals surface area contributed by atoms with Gasteiger partial charge in [-0.05, 0) is 13.0 Å². The van der Waals surface area contributed by atoms with E-state index in [4.69, 9.17) is 0 Å². The van der Waals surface area contributed by atoms with Crippen LogP contribution in [0.4, 0.5) is 11.8 Å². The Labute approximate surface area is 104 Å². The van der Waals surface area contributed by atoms with E-state index in [2.05, 4.69) is 30.6 Å². The van der Waals surface area contributed by atoms with Gasteiger partial charge in [-0.15, -0.1) is 0 Å². The number of carbonyl (C=O) groups is 1. The zero-order valence-corrected chi connectivity index (χ0v) is 9.79. The van der Waals surface area contributed by atoms with Crippen LogP contribution >= 0.6 is 0 Å². The molecular formula is C11H12N6O. The average molecular weight is 244 g/mol. The van der Waals surface area contributed by atoms with Gasteiger partial charge in [-0.3, -0.25) is 15.1 Å². The zero-order chi connectivity index (χ0) is 12.8. The van der Waals surface area contributed by atoms with Crippen molar-refractivity contribution >= 4 is 17.7 Å². The number of rotatable bonds is 4. The third-order valence-electron chi connectivity index (χ3n) is 2.02. The van der Waals surface area contributed by atoms with E-state index >= 15 is 0 Å². The first-order chi connectivity index (χ1) is 8.79. The van der Waals surface area contributed by atoms with Gasteiger partial charge < -0.3 is 5.32 Å². The van der Waals surface area contributed by atoms with Crippen molar-refractivity contribution < 1.29 is 4.79 Å². The van der Waals surface area contributed by atoms with Gasteiger partial charge in [0, 0.05) is 18.9 Å². The van der Waals surface area contributed by atoms with Crippen molar-refractivity contribution in [3.8, 4) is 0 Å². The zero-order valence-electron chi connectivity index (χ0n) is 9.79. The lowest BCUT2D eigenvalue weighted by Crippen LogP contribution is -2.16. The Kier molecular flexibility index (Phi) is 3.75. The van der Waals surface area contributed by atoms with Gasteiger partial charge in [0.1, 0.15) is 11.5 Å². The lowest BCUT2D eigenvalue weighted by Gasteiger charge is -2.04. The average Bonchev–Trinajstić information content (AvgIpc) is 2.40. The van der Waals surface area contributed by atoms with Gasteiger partial charge in [0.15, 0.2) is 0 Å². The molecule has 0 bridgehead atoms. The van der Waals surface area contributed by atoms with E-state index in [1.807, 2.05) is 6.92 Å². The number of aromatic nitrogens is 4. The lowest BCUT2D eigenvalue weighted by atomic mass is 10.4. The molecule has 7 heteroatoms. The number of hydrogen-bond donors (Lipinski definition) is 2. The van der Waals surface area contributed by atoms with Crippen molar-refractivity contribution in [3.05, 3.63) is 36.5 Å². The minimum absolute atomic E-state index is 0.209. The molecule has 1 amide bonds. The molecule has 92 valence electrons. The number of nitrogens with zero attached hydrogens (tertiary/aromatic N) is 4. The van der Waals surface area contributed by atoms with E-state index in [9.17, 15) is 4.79 Å². The van der Waals surface area contributed by atoms with E-state index in [-0.39, 0.29) is 11.6 Å². The van der Waals surface area contributed by atoms with Gasteiger partial charge in [-0.2, -0.15) is 0 Å². The maximum Gasteiger partial charge on any atom is 0.278 e. The van der Waals surface area contributed by atoms with Crippen molar-refractivity contribution in [2.45, 2.75) is 6.92 Å². The maximum absolute atomic E-state index is 11.8. The summed E-state index contributed by atoms with van der Waals surface area (Å²) in [5.74, 6) is 0.394. The monoisotopic (exact) mass is 244 g/mol. The number of carbonyl (C=O) groups excluding carboxylic acids is 1. The van der Waals surface area contributed by atoms with Gasteiger partial charge in [-0.25, -0.2) is 15.0 Å². The van der Waals surface area contributed by atoms with E-state index in [0.29, 0.717) is 12.4 Å². The highest BCUT2D eigenvalue weighted by atomic mass is 16.2. The molecule has 0 aliphatic heterocycles. The highest BCUT2D eigenvalue weighted by Gasteiger charge is 2.10. The van der Waals surface area contributed by atoms with Gasteiger partial charge in [0.2, 0.25) is 5.95 Å². The van der Waals surface area contributed by atoms with Crippen molar-refractivity contribution in [1.29, 1.82) is 0 Å². The molecule has 0 saturated carbocycles. The third-order valence-corrected chi connectivity index (χ3v) is 2.02. The first kappa shape index (κ1) is 11.9. The summed E-state index contributed by atoms with van der Waals surface area (Å²) in [4.78, 5) is 27.7. The molecule has 2 rings (SSSR count). The smallest absolute Gasteiger partial charge is 0.278 e. The number of nitrogens with one attached hydrogen (secondary N) is 2. The lowest BCUT2D eigenvalue weighted by molar-refractivity contribution is 0.102. The third kappa shape index (κ3) is 2.97. The Hall–Kier alpha value is -2.57. The summed E-state index contributed by atoms with van der Waals surface area (Å²) in [6.07, 6.45) is 6.03. The summed E-state index contributed by atoms with van der Waals surface area (Å²) in [6.45, 7) is 2.65. The van der Waals surface area contributed by atoms with Crippen molar-refractivity contribution in [2.24, 2.45) is 0 Å². The molecule has 0 aromatic carbocycles. The minimum Gasteiger partial charge on any atom is -0.369 e. The number of hydrogen-bond acceptors (Lipinski definition) is 6. The van der Waals surface area contributed by atoms with Gasteiger partial charge in [0.25, 0.3) is 5.91 Å². The van der Waals surface area contributed by atoms with Crippen molar-refractivity contribution in [3.63, 3.8) is 0 Å². The molecule has 2 N–H and O–H groups in total. The van der Waals surface area contributed by atoms with Gasteiger partial charge >= 0.3 is 0 Å². The normalized spacial score (nSPS) is 9.83. The highest BCUT2D eigenvalue weighted by Crippen LogP contribution is 2.04. The molecule has 2 aromatic heterocycles. The van der Waals surface area contributed by atoms with Crippen molar-refractivity contribution in [1.82, 2.24) is 19.9 Å². The second-order valence-corrected chi connectivity index (χ2v) is 3.35. The van der Waals surface area contributed by atoms with E-state index in [1.54, 1.807) is 24.7 Å². The molecule has 0 fully saturated rings. The van der Waals surface area contributed by atoms with Gasteiger partial charge in [0.05, 0.1) is 12.4 Å². The maximum atomic E-state index is 11.8. The molecule has 0 aliphatic carbocycles. The van der Waals surface area contributed by atoms with Gasteiger partial charge in [-0.1, -0.05) is 0 Å². The van der Waals surface area contributed by atoms with Crippen LogP contribution < -0.4 is 10.6 Å². The Balaban J connectivity index is 2.11. The Morgan fingerprint density at radius 3 is 2.78 bits per heavy atom. The highest BCUT2D eigenvalue weighted by molar-refractivity contribution is 6.01. The second-order valence-electron chi connectivity index (χ2n) is 3.35. The summed E-state index contributed by atoms with van der Waals surface area (Å²) in [7, 11) is 0. The fraction of sp³-hybridized carbons (Fsp3) is 0.182. The van der Waals surface area contributed by atoms with Crippen LogP contribution in [0.5, 0.6) is 0 Å². The fourth-order valence-electron chi connectivity index (χ4n) is 1.27. The van der Waals surface area contributed by atoms with Crippen LogP contribution in [0.25, 0.3) is 0 Å². The second kappa shape index (κ2) is 5.67. The molecule has 0 radical (unpaired) electrons. The quantitative estimate of drug-likeness (QED) is 0.831. The molecule has 7 nitrogen and oxygen atoms in total. The van der Waals surface area contributed by atoms with E-state index in [1.165, 1.54) is 6.20 Å². The van der Waals surface area contributed by atoms with Crippen LogP contribution in [0.15, 0.2) is 30.9 Å². The van der Waals surface area contributed by atoms with Crippen LogP contribution in [0, 0.1) is 0 Å². The van der Waals surface area contributed by atoms with Crippen LogP contribution in [-0.4, -0.2) is 32.4 Å². The summed E-state index contributed by atoms with van der Waals surface area (Å²) >= 11 is 0. The minimum atomic E-state index is -0.395. The fourth-order valence-corrected chi connectivity index (χ4v) is 1.27. The van der Waals surface area contributed by atoms with Crippen LogP contribution in [0.2, 0.25) is 0 Å². The molecule has 0 atom stereocenters. The predicted octanol–water partition coefficient (Wildman–Crippen LogP) is 0.951. The predicted molar refractivity (Wildman–Crippen MR) is 66.2 cm³/mol. The van der Waals surface area contributed by atoms with Crippen molar-refractivity contribution in [2.75, 3.05) is 17.2 Å². The molecular weight excluding hydrogens is 232 g/mol. The van der Waals surface area contributed by atoms with E-state index < -0.39 is 5.91 Å². The summed E-state index contributed by atoms with van der Waals surface area (Å²) in [6, 6.07) is 1.67. The van der Waals surface area contributed by atoms with Crippen LogP contribution in [-0.2, 0) is 0 Å². The SMILES string of the molecule is CCNc1cncc(C(=O)Nc2ncccn2)n1. The van der Waals surface area contributed by atoms with Crippen LogP contribution in [0.1, 0.15) is 17.4 Å². The topological polar surface area (TPSA) is 92.7 Å². The standard InChI is InChI=1S/C11H12N6O/c1-2-13-9-7-12-6-8(16-9)10(18)17-11-14-4-3-5-15-11/h3-7H,2H2,1H3,(H,13,16)(H,14,15,17,18). The first-order valence-corrected chi connectivity index (χ1v) is 5.44. The largest absolute Gasteiger partial charge is 0.369 e. The molecule has 18 heavy (non-hydrogen) atoms. The first-order valence-electron chi connectivity index (χ1n) is 5.44. The summed E-state index contributed by atoms with van der Waals surface area (Å²) in [5.41, 5.74) is 0.209. The van der Waals surface area contributed by atoms with E-state index in [0.717, 1.165) is 0 Å². The molecule has 0 unspecified atom stereocenters. The summed E-state index contributed by atoms with van der Waals surface area (Å²) in [5, 5.41) is 5.52. The van der Waals surface area contributed by atoms with Crippen LogP contribution in [0.3, 0.4) is 0 Å². The summed E-state index contributed by atoms with van der Waals surface area (Å²) < 4.78 is 0. The molecule has 0 spiro atoms. The molecule has 2 heterocycles. The molecule has 0 saturated heterocycles. The molecule has 0 aliphatic rings.